The zero-order valence-corrected chi connectivity index (χ0v) is 14.1. The van der Waals surface area contributed by atoms with Crippen LogP contribution in [0, 0.1) is 0 Å². The molecule has 3 atom stereocenters. The van der Waals surface area contributed by atoms with Crippen LogP contribution in [0.25, 0.3) is 0 Å². The third-order valence-electron chi connectivity index (χ3n) is 4.65. The minimum atomic E-state index is 0.0735. The molecule has 120 valence electrons. The van der Waals surface area contributed by atoms with E-state index in [1.165, 1.54) is 0 Å². The highest BCUT2D eigenvalue weighted by Crippen LogP contribution is 2.31. The first-order valence-electron chi connectivity index (χ1n) is 8.02. The van der Waals surface area contributed by atoms with E-state index in [2.05, 4.69) is 24.1 Å². The van der Waals surface area contributed by atoms with Gasteiger partial charge in [-0.25, -0.2) is 0 Å². The predicted octanol–water partition coefficient (Wildman–Crippen LogP) is 2.45. The van der Waals surface area contributed by atoms with E-state index in [4.69, 9.17) is 4.74 Å². The van der Waals surface area contributed by atoms with E-state index in [-0.39, 0.29) is 11.9 Å². The second-order valence-corrected chi connectivity index (χ2v) is 7.57. The van der Waals surface area contributed by atoms with Crippen molar-refractivity contribution in [2.24, 2.45) is 0 Å². The molecule has 0 unspecified atom stereocenters. The summed E-state index contributed by atoms with van der Waals surface area (Å²) in [4.78, 5) is 14.7. The monoisotopic (exact) mass is 320 g/mol. The molecular weight excluding hydrogens is 296 g/mol. The molecule has 1 fully saturated rings. The topological polar surface area (TPSA) is 41.6 Å². The minimum Gasteiger partial charge on any atom is -0.493 e. The van der Waals surface area contributed by atoms with Crippen molar-refractivity contribution in [1.29, 1.82) is 0 Å². The molecule has 22 heavy (non-hydrogen) atoms. The van der Waals surface area contributed by atoms with Gasteiger partial charge in [-0.05, 0) is 13.0 Å². The number of rotatable bonds is 3. The van der Waals surface area contributed by atoms with Gasteiger partial charge in [-0.2, -0.15) is 11.8 Å². The molecule has 0 aliphatic carbocycles. The Labute approximate surface area is 136 Å². The van der Waals surface area contributed by atoms with Crippen molar-refractivity contribution < 1.29 is 9.53 Å². The normalized spacial score (nSPS) is 28.5. The molecule has 3 rings (SSSR count). The van der Waals surface area contributed by atoms with Crippen LogP contribution in [0.1, 0.15) is 31.9 Å². The van der Waals surface area contributed by atoms with Gasteiger partial charge < -0.3 is 10.1 Å². The van der Waals surface area contributed by atoms with Crippen LogP contribution in [0.5, 0.6) is 5.75 Å². The van der Waals surface area contributed by atoms with Crippen LogP contribution in [-0.4, -0.2) is 47.5 Å². The van der Waals surface area contributed by atoms with Crippen LogP contribution in [0.4, 0.5) is 0 Å². The number of carbonyl (C=O) groups is 1. The first-order chi connectivity index (χ1) is 10.6. The molecule has 1 aromatic rings. The van der Waals surface area contributed by atoms with Crippen molar-refractivity contribution in [1.82, 2.24) is 10.2 Å². The maximum atomic E-state index is 12.4. The third kappa shape index (κ3) is 3.41. The molecule has 0 radical (unpaired) electrons. The molecule has 0 bridgehead atoms. The van der Waals surface area contributed by atoms with Crippen LogP contribution in [0.2, 0.25) is 0 Å². The van der Waals surface area contributed by atoms with E-state index in [9.17, 15) is 4.79 Å². The van der Waals surface area contributed by atoms with Crippen molar-refractivity contribution in [2.75, 3.05) is 25.4 Å². The molecule has 1 amide bonds. The lowest BCUT2D eigenvalue weighted by Crippen LogP contribution is -2.49. The number of fused-ring (bicyclic) bond motifs is 1. The van der Waals surface area contributed by atoms with Gasteiger partial charge in [0, 0.05) is 35.6 Å². The molecule has 1 N–H and O–H groups in total. The van der Waals surface area contributed by atoms with E-state index in [1.807, 2.05) is 36.0 Å². The number of thioether (sulfide) groups is 1. The Hall–Kier alpha value is -1.20. The summed E-state index contributed by atoms with van der Waals surface area (Å²) >= 11 is 1.99. The Bertz CT molecular complexity index is 537. The first-order valence-corrected chi connectivity index (χ1v) is 9.07. The van der Waals surface area contributed by atoms with Crippen LogP contribution in [0.3, 0.4) is 0 Å². The number of benzene rings is 1. The van der Waals surface area contributed by atoms with Gasteiger partial charge in [0.25, 0.3) is 0 Å². The maximum absolute atomic E-state index is 12.4. The SMILES string of the molecule is C[C@@H]1SCCN(CC(=O)N[C@@H]2CCOc3ccccc32)[C@@H]1C. The number of amides is 1. The van der Waals surface area contributed by atoms with Crippen LogP contribution < -0.4 is 10.1 Å². The number of carbonyl (C=O) groups excluding carboxylic acids is 1. The summed E-state index contributed by atoms with van der Waals surface area (Å²) < 4.78 is 5.65. The van der Waals surface area contributed by atoms with Gasteiger partial charge in [0.05, 0.1) is 19.2 Å². The summed E-state index contributed by atoms with van der Waals surface area (Å²) in [6, 6.07) is 8.51. The van der Waals surface area contributed by atoms with Gasteiger partial charge >= 0.3 is 0 Å². The predicted molar refractivity (Wildman–Crippen MR) is 90.4 cm³/mol. The van der Waals surface area contributed by atoms with Crippen molar-refractivity contribution in [3.05, 3.63) is 29.8 Å². The quantitative estimate of drug-likeness (QED) is 0.929. The van der Waals surface area contributed by atoms with Crippen molar-refractivity contribution >= 4 is 17.7 Å². The standard InChI is InChI=1S/C17H24N2O2S/c1-12-13(2)22-10-8-19(12)11-17(20)18-15-7-9-21-16-6-4-3-5-14(15)16/h3-6,12-13,15H,7-11H2,1-2H3,(H,18,20)/t12-,13+,15-/m1/s1. The summed E-state index contributed by atoms with van der Waals surface area (Å²) in [5, 5.41) is 3.78. The molecule has 2 heterocycles. The molecule has 0 saturated carbocycles. The Morgan fingerprint density at radius 2 is 2.23 bits per heavy atom. The minimum absolute atomic E-state index is 0.0735. The Kier molecular flexibility index (Phi) is 4.93. The first kappa shape index (κ1) is 15.7. The molecule has 0 spiro atoms. The summed E-state index contributed by atoms with van der Waals surface area (Å²) in [5.74, 6) is 2.13. The van der Waals surface area contributed by atoms with E-state index in [0.717, 1.165) is 30.0 Å². The smallest absolute Gasteiger partial charge is 0.234 e. The zero-order valence-electron chi connectivity index (χ0n) is 13.2. The number of para-hydroxylation sites is 1. The second kappa shape index (κ2) is 6.92. The fourth-order valence-electron chi connectivity index (χ4n) is 3.14. The molecule has 2 aliphatic heterocycles. The van der Waals surface area contributed by atoms with Gasteiger partial charge in [-0.1, -0.05) is 25.1 Å². The number of ether oxygens (including phenoxy) is 1. The zero-order chi connectivity index (χ0) is 15.5. The van der Waals surface area contributed by atoms with Crippen molar-refractivity contribution in [3.63, 3.8) is 0 Å². The van der Waals surface area contributed by atoms with E-state index >= 15 is 0 Å². The highest BCUT2D eigenvalue weighted by Gasteiger charge is 2.28. The van der Waals surface area contributed by atoms with Crippen molar-refractivity contribution in [3.8, 4) is 5.75 Å². The van der Waals surface area contributed by atoms with Gasteiger partial charge in [0.2, 0.25) is 5.91 Å². The molecule has 1 saturated heterocycles. The second-order valence-electron chi connectivity index (χ2n) is 6.08. The third-order valence-corrected chi connectivity index (χ3v) is 5.99. The summed E-state index contributed by atoms with van der Waals surface area (Å²) in [7, 11) is 0. The van der Waals surface area contributed by atoms with Crippen molar-refractivity contribution in [2.45, 2.75) is 37.6 Å². The Morgan fingerprint density at radius 3 is 3.09 bits per heavy atom. The molecule has 1 aromatic carbocycles. The van der Waals surface area contributed by atoms with Gasteiger partial charge in [-0.3, -0.25) is 9.69 Å². The fourth-order valence-corrected chi connectivity index (χ4v) is 4.30. The highest BCUT2D eigenvalue weighted by molar-refractivity contribution is 8.00. The fraction of sp³-hybridized carbons (Fsp3) is 0.588. The highest BCUT2D eigenvalue weighted by atomic mass is 32.2. The summed E-state index contributed by atoms with van der Waals surface area (Å²) in [6.07, 6.45) is 0.838. The average molecular weight is 320 g/mol. The summed E-state index contributed by atoms with van der Waals surface area (Å²) in [6.45, 7) is 6.61. The summed E-state index contributed by atoms with van der Waals surface area (Å²) in [5.41, 5.74) is 1.10. The molecule has 2 aliphatic rings. The number of hydrogen-bond donors (Lipinski definition) is 1. The van der Waals surface area contributed by atoms with E-state index in [0.29, 0.717) is 24.4 Å². The van der Waals surface area contributed by atoms with E-state index in [1.54, 1.807) is 0 Å². The molecular formula is C17H24N2O2S. The van der Waals surface area contributed by atoms with Gasteiger partial charge in [0.1, 0.15) is 5.75 Å². The lowest BCUT2D eigenvalue weighted by atomic mass is 10.0. The lowest BCUT2D eigenvalue weighted by molar-refractivity contribution is -0.123. The number of nitrogens with one attached hydrogen (secondary N) is 1. The Morgan fingerprint density at radius 1 is 1.41 bits per heavy atom. The molecule has 4 nitrogen and oxygen atoms in total. The molecule has 5 heteroatoms. The van der Waals surface area contributed by atoms with Crippen LogP contribution >= 0.6 is 11.8 Å². The maximum Gasteiger partial charge on any atom is 0.234 e. The van der Waals surface area contributed by atoms with Crippen LogP contribution in [0.15, 0.2) is 24.3 Å². The van der Waals surface area contributed by atoms with E-state index < -0.39 is 0 Å². The molecule has 0 aromatic heterocycles. The van der Waals surface area contributed by atoms with Crippen LogP contribution in [-0.2, 0) is 4.79 Å². The largest absolute Gasteiger partial charge is 0.493 e. The lowest BCUT2D eigenvalue weighted by Gasteiger charge is -2.37. The van der Waals surface area contributed by atoms with Gasteiger partial charge in [0.15, 0.2) is 0 Å². The average Bonchev–Trinajstić information content (AvgIpc) is 2.52. The number of hydrogen-bond acceptors (Lipinski definition) is 4. The Balaban J connectivity index is 1.61. The number of nitrogens with zero attached hydrogens (tertiary/aromatic N) is 1. The van der Waals surface area contributed by atoms with Gasteiger partial charge in [-0.15, -0.1) is 0 Å².